The van der Waals surface area contributed by atoms with Crippen molar-refractivity contribution in [3.63, 3.8) is 0 Å². The van der Waals surface area contributed by atoms with Crippen LogP contribution >= 0.6 is 11.8 Å². The summed E-state index contributed by atoms with van der Waals surface area (Å²) >= 11 is 2.12. The van der Waals surface area contributed by atoms with Gasteiger partial charge in [-0.05, 0) is 63.2 Å². The minimum absolute atomic E-state index is 0.731. The number of piperidine rings is 1. The van der Waals surface area contributed by atoms with Gasteiger partial charge in [0.05, 0.1) is 0 Å². The van der Waals surface area contributed by atoms with Crippen LogP contribution in [0.15, 0.2) is 0 Å². The van der Waals surface area contributed by atoms with Crippen LogP contribution in [-0.2, 0) is 0 Å². The van der Waals surface area contributed by atoms with E-state index in [9.17, 15) is 0 Å². The second-order valence-corrected chi connectivity index (χ2v) is 6.48. The van der Waals surface area contributed by atoms with Crippen molar-refractivity contribution in [1.29, 1.82) is 0 Å². The third-order valence-corrected chi connectivity index (χ3v) is 5.14. The highest BCUT2D eigenvalue weighted by Crippen LogP contribution is 2.22. The Morgan fingerprint density at radius 1 is 1.31 bits per heavy atom. The van der Waals surface area contributed by atoms with Gasteiger partial charge in [-0.15, -0.1) is 0 Å². The van der Waals surface area contributed by atoms with Gasteiger partial charge < -0.3 is 5.32 Å². The maximum Gasteiger partial charge on any atom is 0.0192 e. The molecule has 0 radical (unpaired) electrons. The van der Waals surface area contributed by atoms with Gasteiger partial charge in [-0.25, -0.2) is 0 Å². The van der Waals surface area contributed by atoms with E-state index in [4.69, 9.17) is 0 Å². The summed E-state index contributed by atoms with van der Waals surface area (Å²) in [6, 6.07) is 0.731. The van der Waals surface area contributed by atoms with Crippen LogP contribution in [0.2, 0.25) is 0 Å². The number of hydrogen-bond acceptors (Lipinski definition) is 3. The highest BCUT2D eigenvalue weighted by molar-refractivity contribution is 7.99. The molecule has 16 heavy (non-hydrogen) atoms. The molecule has 2 nitrogen and oxygen atoms in total. The third-order valence-electron chi connectivity index (χ3n) is 3.91. The van der Waals surface area contributed by atoms with Crippen LogP contribution in [0.25, 0.3) is 0 Å². The largest absolute Gasteiger partial charge is 0.315 e. The first-order chi connectivity index (χ1) is 7.86. The molecule has 2 aliphatic heterocycles. The van der Waals surface area contributed by atoms with Gasteiger partial charge in [-0.3, -0.25) is 4.90 Å². The van der Waals surface area contributed by atoms with Crippen LogP contribution in [0.3, 0.4) is 0 Å². The lowest BCUT2D eigenvalue weighted by Crippen LogP contribution is -2.43. The molecule has 2 aliphatic rings. The van der Waals surface area contributed by atoms with Crippen LogP contribution < -0.4 is 5.32 Å². The first-order valence-electron chi connectivity index (χ1n) is 6.89. The van der Waals surface area contributed by atoms with Crippen molar-refractivity contribution >= 4 is 11.8 Å². The average molecular weight is 242 g/mol. The lowest BCUT2D eigenvalue weighted by molar-refractivity contribution is 0.170. The van der Waals surface area contributed by atoms with Gasteiger partial charge in [-0.2, -0.15) is 11.8 Å². The van der Waals surface area contributed by atoms with Crippen molar-refractivity contribution in [3.8, 4) is 0 Å². The molecule has 0 bridgehead atoms. The Morgan fingerprint density at radius 2 is 2.12 bits per heavy atom. The fourth-order valence-corrected chi connectivity index (χ4v) is 4.01. The molecule has 2 heterocycles. The van der Waals surface area contributed by atoms with Crippen LogP contribution in [0, 0.1) is 5.92 Å². The molecular formula is C13H26N2S. The summed E-state index contributed by atoms with van der Waals surface area (Å²) in [5, 5.41) is 3.67. The summed E-state index contributed by atoms with van der Waals surface area (Å²) in [4.78, 5) is 2.65. The molecule has 2 saturated heterocycles. The molecule has 2 atom stereocenters. The summed E-state index contributed by atoms with van der Waals surface area (Å²) in [6.07, 6.45) is 5.68. The highest BCUT2D eigenvalue weighted by Gasteiger charge is 2.18. The maximum absolute atomic E-state index is 3.67. The van der Waals surface area contributed by atoms with E-state index in [0.29, 0.717) is 0 Å². The van der Waals surface area contributed by atoms with E-state index in [2.05, 4.69) is 28.9 Å². The van der Waals surface area contributed by atoms with Gasteiger partial charge in [0.15, 0.2) is 0 Å². The zero-order valence-electron chi connectivity index (χ0n) is 10.6. The second-order valence-electron chi connectivity index (χ2n) is 5.33. The van der Waals surface area contributed by atoms with Crippen molar-refractivity contribution in [1.82, 2.24) is 10.2 Å². The van der Waals surface area contributed by atoms with Crippen molar-refractivity contribution in [2.24, 2.45) is 5.92 Å². The predicted molar refractivity (Wildman–Crippen MR) is 73.2 cm³/mol. The molecule has 2 unspecified atom stereocenters. The standard InChI is InChI=1S/C13H26N2S/c1-12(15-6-3-2-4-7-15)9-14-10-13-5-8-16-11-13/h12-14H,2-11H2,1H3. The van der Waals surface area contributed by atoms with Crippen LogP contribution in [0.5, 0.6) is 0 Å². The van der Waals surface area contributed by atoms with E-state index in [-0.39, 0.29) is 0 Å². The van der Waals surface area contributed by atoms with E-state index in [1.807, 2.05) is 0 Å². The van der Waals surface area contributed by atoms with E-state index >= 15 is 0 Å². The van der Waals surface area contributed by atoms with Crippen molar-refractivity contribution < 1.29 is 0 Å². The molecule has 3 heteroatoms. The van der Waals surface area contributed by atoms with Crippen LogP contribution in [0.4, 0.5) is 0 Å². The lowest BCUT2D eigenvalue weighted by atomic mass is 10.1. The third kappa shape index (κ3) is 3.94. The normalized spacial score (nSPS) is 29.4. The van der Waals surface area contributed by atoms with Gasteiger partial charge in [0, 0.05) is 12.6 Å². The number of likely N-dealkylation sites (tertiary alicyclic amines) is 1. The minimum Gasteiger partial charge on any atom is -0.315 e. The van der Waals surface area contributed by atoms with Crippen molar-refractivity contribution in [2.75, 3.05) is 37.7 Å². The van der Waals surface area contributed by atoms with Gasteiger partial charge >= 0.3 is 0 Å². The first kappa shape index (κ1) is 12.7. The Bertz CT molecular complexity index is 186. The van der Waals surface area contributed by atoms with E-state index in [0.717, 1.165) is 12.0 Å². The molecule has 0 spiro atoms. The highest BCUT2D eigenvalue weighted by atomic mass is 32.2. The molecule has 2 fully saturated rings. The van der Waals surface area contributed by atoms with Gasteiger partial charge in [-0.1, -0.05) is 6.42 Å². The van der Waals surface area contributed by atoms with E-state index in [1.165, 1.54) is 63.4 Å². The zero-order valence-corrected chi connectivity index (χ0v) is 11.4. The number of nitrogens with one attached hydrogen (secondary N) is 1. The Hall–Kier alpha value is 0.270. The summed E-state index contributed by atoms with van der Waals surface area (Å²) < 4.78 is 0. The molecule has 2 rings (SSSR count). The SMILES string of the molecule is CC(CNCC1CCSC1)N1CCCCC1. The van der Waals surface area contributed by atoms with Crippen LogP contribution in [0.1, 0.15) is 32.6 Å². The fourth-order valence-electron chi connectivity index (χ4n) is 2.73. The van der Waals surface area contributed by atoms with Gasteiger partial charge in [0.25, 0.3) is 0 Å². The molecule has 94 valence electrons. The fraction of sp³-hybridized carbons (Fsp3) is 1.00. The molecule has 0 aliphatic carbocycles. The predicted octanol–water partition coefficient (Wildman–Crippen LogP) is 2.20. The van der Waals surface area contributed by atoms with Gasteiger partial charge in [0.1, 0.15) is 0 Å². The Labute approximate surface area is 105 Å². The Morgan fingerprint density at radius 3 is 2.81 bits per heavy atom. The molecular weight excluding hydrogens is 216 g/mol. The Balaban J connectivity index is 1.57. The Kier molecular flexibility index (Phi) is 5.46. The molecule has 0 saturated carbocycles. The molecule has 0 amide bonds. The summed E-state index contributed by atoms with van der Waals surface area (Å²) in [6.45, 7) is 7.44. The summed E-state index contributed by atoms with van der Waals surface area (Å²) in [5.74, 6) is 3.71. The van der Waals surface area contributed by atoms with Crippen LogP contribution in [-0.4, -0.2) is 48.6 Å². The quantitative estimate of drug-likeness (QED) is 0.796. The van der Waals surface area contributed by atoms with Crippen molar-refractivity contribution in [3.05, 3.63) is 0 Å². The number of rotatable bonds is 5. The molecule has 0 aromatic rings. The topological polar surface area (TPSA) is 15.3 Å². The average Bonchev–Trinajstić information content (AvgIpc) is 2.83. The summed E-state index contributed by atoms with van der Waals surface area (Å²) in [7, 11) is 0. The molecule has 0 aromatic heterocycles. The second kappa shape index (κ2) is 6.87. The molecule has 0 aromatic carbocycles. The zero-order chi connectivity index (χ0) is 11.2. The van der Waals surface area contributed by atoms with E-state index < -0.39 is 0 Å². The molecule has 1 N–H and O–H groups in total. The monoisotopic (exact) mass is 242 g/mol. The maximum atomic E-state index is 3.67. The number of nitrogens with zero attached hydrogens (tertiary/aromatic N) is 1. The number of thioether (sulfide) groups is 1. The lowest BCUT2D eigenvalue weighted by Gasteiger charge is -2.32. The number of hydrogen-bond donors (Lipinski definition) is 1. The van der Waals surface area contributed by atoms with Gasteiger partial charge in [0.2, 0.25) is 0 Å². The minimum atomic E-state index is 0.731. The first-order valence-corrected chi connectivity index (χ1v) is 8.04. The summed E-state index contributed by atoms with van der Waals surface area (Å²) in [5.41, 5.74) is 0. The van der Waals surface area contributed by atoms with Crippen molar-refractivity contribution in [2.45, 2.75) is 38.6 Å². The smallest absolute Gasteiger partial charge is 0.0192 e. The van der Waals surface area contributed by atoms with E-state index in [1.54, 1.807) is 0 Å².